The monoisotopic (exact) mass is 247 g/mol. The van der Waals surface area contributed by atoms with Gasteiger partial charge in [-0.2, -0.15) is 0 Å². The smallest absolute Gasteiger partial charge is 0.141 e. The third-order valence-electron chi connectivity index (χ3n) is 3.12. The lowest BCUT2D eigenvalue weighted by atomic mass is 10.2. The van der Waals surface area contributed by atoms with E-state index in [1.54, 1.807) is 6.07 Å². The number of fused-ring (bicyclic) bond motifs is 1. The van der Waals surface area contributed by atoms with Gasteiger partial charge in [0.1, 0.15) is 17.4 Å². The Balaban J connectivity index is 2.06. The van der Waals surface area contributed by atoms with Gasteiger partial charge in [-0.1, -0.05) is 0 Å². The molecular weight excluding hydrogens is 233 g/mol. The van der Waals surface area contributed by atoms with E-state index in [4.69, 9.17) is 4.74 Å². The molecule has 0 amide bonds. The number of nitrogens with one attached hydrogen (secondary N) is 2. The summed E-state index contributed by atoms with van der Waals surface area (Å²) in [5, 5.41) is 3.28. The molecule has 0 spiro atoms. The van der Waals surface area contributed by atoms with E-state index in [1.807, 2.05) is 0 Å². The van der Waals surface area contributed by atoms with Gasteiger partial charge in [-0.05, 0) is 12.1 Å². The minimum absolute atomic E-state index is 0.311. The number of aromatic nitrogens is 2. The van der Waals surface area contributed by atoms with Crippen LogP contribution in [0.1, 0.15) is 11.4 Å². The predicted molar refractivity (Wildman–Crippen MR) is 65.9 cm³/mol. The second-order valence-electron chi connectivity index (χ2n) is 4.28. The van der Waals surface area contributed by atoms with Crippen LogP contribution in [0.3, 0.4) is 0 Å². The Labute approximate surface area is 104 Å². The zero-order valence-electron chi connectivity index (χ0n) is 10.1. The van der Waals surface area contributed by atoms with Gasteiger partial charge in [0, 0.05) is 25.6 Å². The Hall–Kier alpha value is -1.88. The van der Waals surface area contributed by atoms with Crippen molar-refractivity contribution in [3.63, 3.8) is 0 Å². The first-order chi connectivity index (χ1) is 8.78. The van der Waals surface area contributed by atoms with Crippen molar-refractivity contribution in [2.45, 2.75) is 13.0 Å². The number of rotatable bonds is 2. The highest BCUT2D eigenvalue weighted by atomic mass is 19.1. The number of aromatic amines is 1. The number of halogens is 1. The Bertz CT molecular complexity index is 556. The third-order valence-corrected chi connectivity index (χ3v) is 3.12. The standard InChI is InChI=1S/C13H14FN3O/c1-18-12-6-8(14)2-3-9(12)13-16-10-4-5-15-7-11(10)17-13/h2-3,6,15H,4-5,7H2,1H3,(H,16,17). The average Bonchev–Trinajstić information content (AvgIpc) is 2.82. The van der Waals surface area contributed by atoms with Crippen molar-refractivity contribution < 1.29 is 9.13 Å². The van der Waals surface area contributed by atoms with Gasteiger partial charge in [0.25, 0.3) is 0 Å². The van der Waals surface area contributed by atoms with Crippen molar-refractivity contribution in [2.75, 3.05) is 13.7 Å². The summed E-state index contributed by atoms with van der Waals surface area (Å²) in [6.07, 6.45) is 0.912. The van der Waals surface area contributed by atoms with E-state index in [0.29, 0.717) is 5.75 Å². The first-order valence-corrected chi connectivity index (χ1v) is 5.90. The topological polar surface area (TPSA) is 49.9 Å². The molecule has 1 aromatic heterocycles. The molecule has 0 atom stereocenters. The first-order valence-electron chi connectivity index (χ1n) is 5.90. The quantitative estimate of drug-likeness (QED) is 0.851. The summed E-state index contributed by atoms with van der Waals surface area (Å²) in [7, 11) is 1.53. The molecular formula is C13H14FN3O. The Kier molecular flexibility index (Phi) is 2.76. The molecule has 2 heterocycles. The molecule has 2 N–H and O–H groups in total. The molecule has 0 bridgehead atoms. The van der Waals surface area contributed by atoms with Gasteiger partial charge in [-0.3, -0.25) is 0 Å². The SMILES string of the molecule is COc1cc(F)ccc1-c1nc2c([nH]1)CNCC2. The molecule has 1 aromatic carbocycles. The lowest BCUT2D eigenvalue weighted by molar-refractivity contribution is 0.412. The molecule has 0 aliphatic carbocycles. The normalized spacial score (nSPS) is 14.3. The van der Waals surface area contributed by atoms with Crippen LogP contribution < -0.4 is 10.1 Å². The highest BCUT2D eigenvalue weighted by molar-refractivity contribution is 5.64. The van der Waals surface area contributed by atoms with Crippen molar-refractivity contribution in [3.05, 3.63) is 35.4 Å². The lowest BCUT2D eigenvalue weighted by Crippen LogP contribution is -2.23. The van der Waals surface area contributed by atoms with E-state index in [2.05, 4.69) is 15.3 Å². The number of hydrogen-bond donors (Lipinski definition) is 2. The maximum absolute atomic E-state index is 13.2. The lowest BCUT2D eigenvalue weighted by Gasteiger charge is -2.09. The molecule has 94 valence electrons. The second kappa shape index (κ2) is 4.42. The molecule has 1 aliphatic heterocycles. The highest BCUT2D eigenvalue weighted by Crippen LogP contribution is 2.29. The van der Waals surface area contributed by atoms with Crippen LogP contribution in [0.2, 0.25) is 0 Å². The number of H-pyrrole nitrogens is 1. The molecule has 18 heavy (non-hydrogen) atoms. The Morgan fingerprint density at radius 3 is 3.06 bits per heavy atom. The van der Waals surface area contributed by atoms with E-state index in [1.165, 1.54) is 19.2 Å². The van der Waals surface area contributed by atoms with Crippen molar-refractivity contribution in [2.24, 2.45) is 0 Å². The number of imidazole rings is 1. The summed E-state index contributed by atoms with van der Waals surface area (Å²) in [4.78, 5) is 7.83. The molecule has 0 saturated carbocycles. The van der Waals surface area contributed by atoms with Gasteiger partial charge in [-0.15, -0.1) is 0 Å². The number of ether oxygens (including phenoxy) is 1. The number of nitrogens with zero attached hydrogens (tertiary/aromatic N) is 1. The average molecular weight is 247 g/mol. The van der Waals surface area contributed by atoms with Crippen LogP contribution in [0.25, 0.3) is 11.4 Å². The van der Waals surface area contributed by atoms with Crippen molar-refractivity contribution in [1.82, 2.24) is 15.3 Å². The minimum Gasteiger partial charge on any atom is -0.496 e. The van der Waals surface area contributed by atoms with Crippen LogP contribution in [0, 0.1) is 5.82 Å². The largest absolute Gasteiger partial charge is 0.496 e. The van der Waals surface area contributed by atoms with Gasteiger partial charge >= 0.3 is 0 Å². The number of hydrogen-bond acceptors (Lipinski definition) is 3. The zero-order chi connectivity index (χ0) is 12.5. The summed E-state index contributed by atoms with van der Waals surface area (Å²) in [6.45, 7) is 1.74. The van der Waals surface area contributed by atoms with Crippen LogP contribution in [0.4, 0.5) is 4.39 Å². The summed E-state index contributed by atoms with van der Waals surface area (Å²) >= 11 is 0. The van der Waals surface area contributed by atoms with Crippen molar-refractivity contribution >= 4 is 0 Å². The summed E-state index contributed by atoms with van der Waals surface area (Å²) in [5.41, 5.74) is 2.96. The summed E-state index contributed by atoms with van der Waals surface area (Å²) in [5.74, 6) is 0.920. The number of benzene rings is 1. The van der Waals surface area contributed by atoms with Crippen LogP contribution >= 0.6 is 0 Å². The van der Waals surface area contributed by atoms with E-state index < -0.39 is 0 Å². The fourth-order valence-electron chi connectivity index (χ4n) is 2.21. The summed E-state index contributed by atoms with van der Waals surface area (Å²) in [6, 6.07) is 4.47. The van der Waals surface area contributed by atoms with Crippen LogP contribution in [-0.2, 0) is 13.0 Å². The molecule has 0 fully saturated rings. The predicted octanol–water partition coefficient (Wildman–Crippen LogP) is 1.87. The van der Waals surface area contributed by atoms with E-state index >= 15 is 0 Å². The van der Waals surface area contributed by atoms with Gasteiger partial charge in [0.15, 0.2) is 0 Å². The van der Waals surface area contributed by atoms with Crippen LogP contribution in [0.5, 0.6) is 5.75 Å². The van der Waals surface area contributed by atoms with Gasteiger partial charge in [-0.25, -0.2) is 9.37 Å². The minimum atomic E-state index is -0.311. The van der Waals surface area contributed by atoms with Crippen molar-refractivity contribution in [1.29, 1.82) is 0 Å². The number of methoxy groups -OCH3 is 1. The van der Waals surface area contributed by atoms with E-state index in [0.717, 1.165) is 42.3 Å². The fourth-order valence-corrected chi connectivity index (χ4v) is 2.21. The van der Waals surface area contributed by atoms with Crippen molar-refractivity contribution in [3.8, 4) is 17.1 Å². The second-order valence-corrected chi connectivity index (χ2v) is 4.28. The first kappa shape index (κ1) is 11.2. The molecule has 1 aliphatic rings. The molecule has 0 radical (unpaired) electrons. The zero-order valence-corrected chi connectivity index (χ0v) is 10.1. The summed E-state index contributed by atoms with van der Waals surface area (Å²) < 4.78 is 18.4. The maximum atomic E-state index is 13.2. The van der Waals surface area contributed by atoms with E-state index in [-0.39, 0.29) is 5.82 Å². The Morgan fingerprint density at radius 2 is 2.28 bits per heavy atom. The fraction of sp³-hybridized carbons (Fsp3) is 0.308. The van der Waals surface area contributed by atoms with Crippen LogP contribution in [-0.4, -0.2) is 23.6 Å². The van der Waals surface area contributed by atoms with E-state index in [9.17, 15) is 4.39 Å². The maximum Gasteiger partial charge on any atom is 0.141 e. The molecule has 4 nitrogen and oxygen atoms in total. The molecule has 0 saturated heterocycles. The third kappa shape index (κ3) is 1.86. The molecule has 2 aromatic rings. The molecule has 3 rings (SSSR count). The molecule has 5 heteroatoms. The van der Waals surface area contributed by atoms with Gasteiger partial charge in [0.05, 0.1) is 24.1 Å². The van der Waals surface area contributed by atoms with Gasteiger partial charge in [0.2, 0.25) is 0 Å². The van der Waals surface area contributed by atoms with Crippen LogP contribution in [0.15, 0.2) is 18.2 Å². The Morgan fingerprint density at radius 1 is 1.39 bits per heavy atom. The highest BCUT2D eigenvalue weighted by Gasteiger charge is 2.17. The van der Waals surface area contributed by atoms with Gasteiger partial charge < -0.3 is 15.0 Å². The molecule has 0 unspecified atom stereocenters.